The van der Waals surface area contributed by atoms with Crippen LogP contribution in [0.4, 0.5) is 0 Å². The molecule has 2 aliphatic rings. The summed E-state index contributed by atoms with van der Waals surface area (Å²) in [5.41, 5.74) is 0.823. The molecule has 26 heavy (non-hydrogen) atoms. The lowest BCUT2D eigenvalue weighted by atomic mass is 9.90. The van der Waals surface area contributed by atoms with Gasteiger partial charge in [0, 0.05) is 41.9 Å². The average Bonchev–Trinajstić information content (AvgIpc) is 2.74. The highest BCUT2D eigenvalue weighted by Crippen LogP contribution is 2.27. The highest BCUT2D eigenvalue weighted by molar-refractivity contribution is 14.1. The molecular weight excluding hydrogens is 435 g/mol. The van der Waals surface area contributed by atoms with E-state index in [9.17, 15) is 4.79 Å². The highest BCUT2D eigenvalue weighted by Gasteiger charge is 2.24. The first-order valence-electron chi connectivity index (χ1n) is 10.4. The summed E-state index contributed by atoms with van der Waals surface area (Å²) >= 11 is 2.28. The maximum absolute atomic E-state index is 12.7. The molecule has 2 unspecified atom stereocenters. The standard InChI is InChI=1S/C22H33IN2O/c1-18-6-4-2-3-5-7-19(16-18)17-24-12-14-25(15-13-24)22(26)20-8-10-21(23)11-9-20/h8-11,18-19H,2-7,12-17H2,1H3. The van der Waals surface area contributed by atoms with Crippen molar-refractivity contribution in [2.45, 2.75) is 51.9 Å². The summed E-state index contributed by atoms with van der Waals surface area (Å²) in [6.07, 6.45) is 9.87. The molecule has 1 amide bonds. The van der Waals surface area contributed by atoms with Crippen molar-refractivity contribution in [3.63, 3.8) is 0 Å². The Bertz CT molecular complexity index is 566. The predicted octanol–water partition coefficient (Wildman–Crippen LogP) is 5.05. The third-order valence-corrected chi connectivity index (χ3v) is 6.78. The minimum absolute atomic E-state index is 0.192. The number of rotatable bonds is 3. The van der Waals surface area contributed by atoms with Crippen LogP contribution < -0.4 is 0 Å². The number of amides is 1. The second-order valence-electron chi connectivity index (χ2n) is 8.30. The van der Waals surface area contributed by atoms with E-state index in [0.29, 0.717) is 0 Å². The maximum atomic E-state index is 12.7. The van der Waals surface area contributed by atoms with Gasteiger partial charge in [-0.05, 0) is 71.5 Å². The van der Waals surface area contributed by atoms with Crippen LogP contribution in [0.5, 0.6) is 0 Å². The van der Waals surface area contributed by atoms with Crippen LogP contribution in [0.15, 0.2) is 24.3 Å². The predicted molar refractivity (Wildman–Crippen MR) is 116 cm³/mol. The van der Waals surface area contributed by atoms with Gasteiger partial charge >= 0.3 is 0 Å². The number of hydrogen-bond acceptors (Lipinski definition) is 2. The van der Waals surface area contributed by atoms with Gasteiger partial charge in [-0.1, -0.05) is 39.0 Å². The molecule has 1 aromatic carbocycles. The van der Waals surface area contributed by atoms with E-state index in [-0.39, 0.29) is 5.91 Å². The largest absolute Gasteiger partial charge is 0.336 e. The highest BCUT2D eigenvalue weighted by atomic mass is 127. The van der Waals surface area contributed by atoms with Gasteiger partial charge in [-0.15, -0.1) is 0 Å². The zero-order chi connectivity index (χ0) is 18.4. The van der Waals surface area contributed by atoms with Crippen LogP contribution in [0, 0.1) is 15.4 Å². The smallest absolute Gasteiger partial charge is 0.253 e. The topological polar surface area (TPSA) is 23.6 Å². The van der Waals surface area contributed by atoms with Crippen molar-refractivity contribution >= 4 is 28.5 Å². The number of carbonyl (C=O) groups is 1. The van der Waals surface area contributed by atoms with Gasteiger partial charge in [-0.25, -0.2) is 0 Å². The molecule has 0 spiro atoms. The Balaban J connectivity index is 1.48. The molecule has 0 bridgehead atoms. The van der Waals surface area contributed by atoms with Crippen LogP contribution >= 0.6 is 22.6 Å². The number of hydrogen-bond donors (Lipinski definition) is 0. The summed E-state index contributed by atoms with van der Waals surface area (Å²) in [4.78, 5) is 17.3. The molecule has 0 N–H and O–H groups in total. The van der Waals surface area contributed by atoms with Gasteiger partial charge in [0.05, 0.1) is 0 Å². The number of carbonyl (C=O) groups excluding carboxylic acids is 1. The summed E-state index contributed by atoms with van der Waals surface area (Å²) in [5, 5.41) is 0. The second-order valence-corrected chi connectivity index (χ2v) is 9.54. The van der Waals surface area contributed by atoms with Crippen LogP contribution in [0.25, 0.3) is 0 Å². The Labute approximate surface area is 172 Å². The Morgan fingerprint density at radius 1 is 1.00 bits per heavy atom. The molecule has 0 radical (unpaired) electrons. The number of benzene rings is 1. The van der Waals surface area contributed by atoms with Crippen molar-refractivity contribution in [3.05, 3.63) is 33.4 Å². The van der Waals surface area contributed by atoms with Crippen molar-refractivity contribution in [2.75, 3.05) is 32.7 Å². The maximum Gasteiger partial charge on any atom is 0.253 e. The lowest BCUT2D eigenvalue weighted by Gasteiger charge is -2.37. The lowest BCUT2D eigenvalue weighted by molar-refractivity contribution is 0.0607. The van der Waals surface area contributed by atoms with Gasteiger partial charge in [0.15, 0.2) is 0 Å². The SMILES string of the molecule is CC1CCCCCCC(CN2CCN(C(=O)c3ccc(I)cc3)CC2)C1. The molecule has 144 valence electrons. The molecule has 1 saturated heterocycles. The van der Waals surface area contributed by atoms with Crippen LogP contribution in [0.1, 0.15) is 62.2 Å². The number of halogens is 1. The lowest BCUT2D eigenvalue weighted by Crippen LogP contribution is -2.49. The first kappa shape index (κ1) is 20.1. The quantitative estimate of drug-likeness (QED) is 0.580. The fourth-order valence-electron chi connectivity index (χ4n) is 4.52. The summed E-state index contributed by atoms with van der Waals surface area (Å²) in [6.45, 7) is 7.47. The fraction of sp³-hybridized carbons (Fsp3) is 0.682. The van der Waals surface area contributed by atoms with E-state index in [1.165, 1.54) is 55.1 Å². The zero-order valence-electron chi connectivity index (χ0n) is 16.1. The number of nitrogens with zero attached hydrogens (tertiary/aromatic N) is 2. The van der Waals surface area contributed by atoms with Crippen LogP contribution in [-0.2, 0) is 0 Å². The zero-order valence-corrected chi connectivity index (χ0v) is 18.3. The van der Waals surface area contributed by atoms with Crippen LogP contribution in [0.3, 0.4) is 0 Å². The number of piperazine rings is 1. The molecule has 1 aromatic rings. The van der Waals surface area contributed by atoms with Crippen molar-refractivity contribution < 1.29 is 4.79 Å². The van der Waals surface area contributed by atoms with E-state index < -0.39 is 0 Å². The molecule has 1 heterocycles. The summed E-state index contributed by atoms with van der Waals surface area (Å²) in [7, 11) is 0. The normalized spacial score (nSPS) is 26.0. The molecule has 1 saturated carbocycles. The van der Waals surface area contributed by atoms with Crippen molar-refractivity contribution in [3.8, 4) is 0 Å². The third kappa shape index (κ3) is 5.95. The van der Waals surface area contributed by atoms with E-state index in [0.717, 1.165) is 43.6 Å². The molecule has 0 aromatic heterocycles. The molecule has 1 aliphatic heterocycles. The first-order valence-corrected chi connectivity index (χ1v) is 11.5. The van der Waals surface area contributed by atoms with Gasteiger partial charge in [0.1, 0.15) is 0 Å². The Kier molecular flexibility index (Phi) is 7.79. The Hall–Kier alpha value is -0.620. The Morgan fingerprint density at radius 3 is 2.35 bits per heavy atom. The van der Waals surface area contributed by atoms with E-state index in [4.69, 9.17) is 0 Å². The van der Waals surface area contributed by atoms with Gasteiger partial charge in [-0.2, -0.15) is 0 Å². The van der Waals surface area contributed by atoms with E-state index >= 15 is 0 Å². The van der Waals surface area contributed by atoms with Crippen molar-refractivity contribution in [1.29, 1.82) is 0 Å². The molecule has 3 nitrogen and oxygen atoms in total. The second kappa shape index (κ2) is 10.1. The molecular formula is C22H33IN2O. The van der Waals surface area contributed by atoms with Crippen molar-refractivity contribution in [1.82, 2.24) is 9.80 Å². The minimum Gasteiger partial charge on any atom is -0.336 e. The van der Waals surface area contributed by atoms with Gasteiger partial charge in [0.2, 0.25) is 0 Å². The first-order chi connectivity index (χ1) is 12.6. The summed E-state index contributed by atoms with van der Waals surface area (Å²) in [6, 6.07) is 7.94. The molecule has 4 heteroatoms. The van der Waals surface area contributed by atoms with E-state index in [1.807, 2.05) is 29.2 Å². The molecule has 2 atom stereocenters. The van der Waals surface area contributed by atoms with Crippen LogP contribution in [-0.4, -0.2) is 48.4 Å². The third-order valence-electron chi connectivity index (χ3n) is 6.06. The molecule has 1 aliphatic carbocycles. The van der Waals surface area contributed by atoms with E-state index in [2.05, 4.69) is 34.4 Å². The Morgan fingerprint density at radius 2 is 1.65 bits per heavy atom. The summed E-state index contributed by atoms with van der Waals surface area (Å²) < 4.78 is 1.17. The van der Waals surface area contributed by atoms with Gasteiger partial charge in [0.25, 0.3) is 5.91 Å². The molecule has 2 fully saturated rings. The van der Waals surface area contributed by atoms with Crippen molar-refractivity contribution in [2.24, 2.45) is 11.8 Å². The monoisotopic (exact) mass is 468 g/mol. The van der Waals surface area contributed by atoms with Gasteiger partial charge < -0.3 is 4.90 Å². The van der Waals surface area contributed by atoms with E-state index in [1.54, 1.807) is 0 Å². The summed E-state index contributed by atoms with van der Waals surface area (Å²) in [5.74, 6) is 1.92. The average molecular weight is 468 g/mol. The van der Waals surface area contributed by atoms with Gasteiger partial charge in [-0.3, -0.25) is 9.69 Å². The minimum atomic E-state index is 0.192. The molecule has 3 rings (SSSR count). The fourth-order valence-corrected chi connectivity index (χ4v) is 4.88. The van der Waals surface area contributed by atoms with Crippen LogP contribution in [0.2, 0.25) is 0 Å².